The Hall–Kier alpha value is -3.22. The number of hydrazone groups is 1. The van der Waals surface area contributed by atoms with E-state index >= 15 is 0 Å². The molecule has 0 saturated carbocycles. The van der Waals surface area contributed by atoms with Gasteiger partial charge in [-0.2, -0.15) is 5.10 Å². The first-order valence-electron chi connectivity index (χ1n) is 9.46. The second-order valence-electron chi connectivity index (χ2n) is 6.89. The summed E-state index contributed by atoms with van der Waals surface area (Å²) in [5.41, 5.74) is 2.42. The van der Waals surface area contributed by atoms with E-state index in [2.05, 4.69) is 5.10 Å². The predicted octanol–water partition coefficient (Wildman–Crippen LogP) is 3.38. The average molecular weight is 397 g/mol. The van der Waals surface area contributed by atoms with Crippen molar-refractivity contribution in [1.82, 2.24) is 9.91 Å². The summed E-state index contributed by atoms with van der Waals surface area (Å²) in [4.78, 5) is 26.2. The SMILES string of the molecule is CCC(=O)N(C)CC(=O)N1N=C(c2ccc(OC)cc2)CC1c1ccc(F)cc1. The Kier molecular flexibility index (Phi) is 6.26. The van der Waals surface area contributed by atoms with E-state index in [9.17, 15) is 14.0 Å². The molecule has 0 aromatic heterocycles. The maximum absolute atomic E-state index is 13.4. The number of benzene rings is 2. The van der Waals surface area contributed by atoms with Crippen LogP contribution >= 0.6 is 0 Å². The summed E-state index contributed by atoms with van der Waals surface area (Å²) in [5, 5.41) is 5.97. The van der Waals surface area contributed by atoms with Gasteiger partial charge in [-0.05, 0) is 47.5 Å². The van der Waals surface area contributed by atoms with Crippen molar-refractivity contribution in [3.63, 3.8) is 0 Å². The zero-order chi connectivity index (χ0) is 21.0. The Morgan fingerprint density at radius 1 is 1.17 bits per heavy atom. The molecular weight excluding hydrogens is 373 g/mol. The minimum atomic E-state index is -0.356. The highest BCUT2D eigenvalue weighted by atomic mass is 19.1. The van der Waals surface area contributed by atoms with Crippen molar-refractivity contribution in [3.8, 4) is 5.75 Å². The van der Waals surface area contributed by atoms with E-state index in [-0.39, 0.29) is 30.2 Å². The van der Waals surface area contributed by atoms with Crippen molar-refractivity contribution in [3.05, 3.63) is 65.5 Å². The van der Waals surface area contributed by atoms with Gasteiger partial charge in [-0.25, -0.2) is 9.40 Å². The molecule has 0 N–H and O–H groups in total. The van der Waals surface area contributed by atoms with Crippen LogP contribution in [-0.4, -0.2) is 48.1 Å². The van der Waals surface area contributed by atoms with Crippen molar-refractivity contribution in [2.24, 2.45) is 5.10 Å². The minimum Gasteiger partial charge on any atom is -0.497 e. The first-order valence-corrected chi connectivity index (χ1v) is 9.46. The van der Waals surface area contributed by atoms with Gasteiger partial charge in [0, 0.05) is 19.9 Å². The number of carbonyl (C=O) groups excluding carboxylic acids is 2. The third-order valence-electron chi connectivity index (χ3n) is 4.94. The number of methoxy groups -OCH3 is 1. The fourth-order valence-corrected chi connectivity index (χ4v) is 3.28. The molecule has 6 nitrogen and oxygen atoms in total. The van der Waals surface area contributed by atoms with Crippen molar-refractivity contribution >= 4 is 17.5 Å². The molecule has 0 radical (unpaired) electrons. The molecule has 2 aromatic carbocycles. The molecule has 1 aliphatic heterocycles. The van der Waals surface area contributed by atoms with Gasteiger partial charge in [0.15, 0.2) is 0 Å². The van der Waals surface area contributed by atoms with Gasteiger partial charge in [0.1, 0.15) is 18.1 Å². The summed E-state index contributed by atoms with van der Waals surface area (Å²) < 4.78 is 18.6. The van der Waals surface area contributed by atoms with Gasteiger partial charge in [-0.15, -0.1) is 0 Å². The molecule has 29 heavy (non-hydrogen) atoms. The Balaban J connectivity index is 1.89. The molecule has 2 aromatic rings. The van der Waals surface area contributed by atoms with Crippen molar-refractivity contribution < 1.29 is 18.7 Å². The fourth-order valence-electron chi connectivity index (χ4n) is 3.28. The van der Waals surface area contributed by atoms with E-state index in [1.54, 1.807) is 33.2 Å². The largest absolute Gasteiger partial charge is 0.497 e. The summed E-state index contributed by atoms with van der Waals surface area (Å²) in [6.07, 6.45) is 0.820. The summed E-state index contributed by atoms with van der Waals surface area (Å²) in [6.45, 7) is 1.68. The molecule has 0 fully saturated rings. The number of ether oxygens (including phenoxy) is 1. The third-order valence-corrected chi connectivity index (χ3v) is 4.94. The predicted molar refractivity (Wildman–Crippen MR) is 108 cm³/mol. The van der Waals surface area contributed by atoms with Crippen LogP contribution in [0, 0.1) is 5.82 Å². The second-order valence-corrected chi connectivity index (χ2v) is 6.89. The van der Waals surface area contributed by atoms with E-state index in [0.717, 1.165) is 22.6 Å². The van der Waals surface area contributed by atoms with Crippen LogP contribution < -0.4 is 4.74 Å². The number of likely N-dealkylation sites (N-methyl/N-ethyl adjacent to an activating group) is 1. The monoisotopic (exact) mass is 397 g/mol. The lowest BCUT2D eigenvalue weighted by Crippen LogP contribution is -2.39. The molecule has 1 heterocycles. The normalized spacial score (nSPS) is 15.8. The van der Waals surface area contributed by atoms with Crippen LogP contribution in [0.3, 0.4) is 0 Å². The van der Waals surface area contributed by atoms with Crippen molar-refractivity contribution in [2.45, 2.75) is 25.8 Å². The molecule has 3 rings (SSSR count). The van der Waals surface area contributed by atoms with Crippen molar-refractivity contribution in [1.29, 1.82) is 0 Å². The van der Waals surface area contributed by atoms with Crippen LogP contribution in [-0.2, 0) is 9.59 Å². The smallest absolute Gasteiger partial charge is 0.262 e. The lowest BCUT2D eigenvalue weighted by molar-refractivity contribution is -0.140. The highest BCUT2D eigenvalue weighted by Gasteiger charge is 2.33. The Morgan fingerprint density at radius 2 is 1.83 bits per heavy atom. The molecule has 7 heteroatoms. The van der Waals surface area contributed by atoms with E-state index in [0.29, 0.717) is 12.8 Å². The van der Waals surface area contributed by atoms with E-state index in [1.807, 2.05) is 24.3 Å². The lowest BCUT2D eigenvalue weighted by atomic mass is 9.98. The van der Waals surface area contributed by atoms with Crippen molar-refractivity contribution in [2.75, 3.05) is 20.7 Å². The van der Waals surface area contributed by atoms with E-state index in [1.165, 1.54) is 22.0 Å². The second kappa shape index (κ2) is 8.86. The Bertz CT molecular complexity index is 910. The molecule has 0 saturated heterocycles. The number of nitrogens with zero attached hydrogens (tertiary/aromatic N) is 3. The highest BCUT2D eigenvalue weighted by molar-refractivity contribution is 6.03. The summed E-state index contributed by atoms with van der Waals surface area (Å²) in [7, 11) is 3.20. The third kappa shape index (κ3) is 4.62. The van der Waals surface area contributed by atoms with Crippen LogP contribution in [0.25, 0.3) is 0 Å². The maximum atomic E-state index is 13.4. The first kappa shape index (κ1) is 20.5. The van der Waals surface area contributed by atoms with E-state index in [4.69, 9.17) is 4.74 Å². The molecule has 0 spiro atoms. The molecule has 1 aliphatic rings. The number of hydrogen-bond acceptors (Lipinski definition) is 4. The van der Waals surface area contributed by atoms with Crippen LogP contribution in [0.4, 0.5) is 4.39 Å². The maximum Gasteiger partial charge on any atom is 0.262 e. The van der Waals surface area contributed by atoms with Crippen LogP contribution in [0.5, 0.6) is 5.75 Å². The fraction of sp³-hybridized carbons (Fsp3) is 0.318. The van der Waals surface area contributed by atoms with Gasteiger partial charge in [0.25, 0.3) is 5.91 Å². The molecular formula is C22H24FN3O3. The molecule has 1 unspecified atom stereocenters. The van der Waals surface area contributed by atoms with E-state index < -0.39 is 0 Å². The number of amides is 2. The first-order chi connectivity index (χ1) is 13.9. The minimum absolute atomic E-state index is 0.0657. The standard InChI is InChI=1S/C22H24FN3O3/c1-4-21(27)25(2)14-22(28)26-20(16-5-9-17(23)10-6-16)13-19(24-26)15-7-11-18(29-3)12-8-15/h5-12,20H,4,13-14H2,1-3H3. The zero-order valence-electron chi connectivity index (χ0n) is 16.8. The quantitative estimate of drug-likeness (QED) is 0.751. The van der Waals surface area contributed by atoms with Crippen LogP contribution in [0.2, 0.25) is 0 Å². The molecule has 0 aliphatic carbocycles. The highest BCUT2D eigenvalue weighted by Crippen LogP contribution is 2.33. The van der Waals surface area contributed by atoms with Gasteiger partial charge in [-0.3, -0.25) is 9.59 Å². The van der Waals surface area contributed by atoms with Gasteiger partial charge in [-0.1, -0.05) is 19.1 Å². The Morgan fingerprint density at radius 3 is 2.41 bits per heavy atom. The number of hydrogen-bond donors (Lipinski definition) is 0. The molecule has 152 valence electrons. The molecule has 0 bridgehead atoms. The van der Waals surface area contributed by atoms with Gasteiger partial charge < -0.3 is 9.64 Å². The molecule has 2 amide bonds. The topological polar surface area (TPSA) is 62.2 Å². The van der Waals surface area contributed by atoms with Crippen LogP contribution in [0.1, 0.15) is 36.9 Å². The summed E-state index contributed by atoms with van der Waals surface area (Å²) in [5.74, 6) is -0.00774. The molecule has 1 atom stereocenters. The average Bonchev–Trinajstić information content (AvgIpc) is 3.19. The summed E-state index contributed by atoms with van der Waals surface area (Å²) in [6, 6.07) is 13.2. The van der Waals surface area contributed by atoms with Crippen LogP contribution in [0.15, 0.2) is 53.6 Å². The number of rotatable bonds is 6. The number of halogens is 1. The zero-order valence-corrected chi connectivity index (χ0v) is 16.8. The lowest BCUT2D eigenvalue weighted by Gasteiger charge is -2.24. The summed E-state index contributed by atoms with van der Waals surface area (Å²) >= 11 is 0. The van der Waals surface area contributed by atoms with Gasteiger partial charge >= 0.3 is 0 Å². The van der Waals surface area contributed by atoms with Gasteiger partial charge in [0.2, 0.25) is 5.91 Å². The number of carbonyl (C=O) groups is 2. The van der Waals surface area contributed by atoms with Gasteiger partial charge in [0.05, 0.1) is 18.9 Å². The Labute approximate surface area is 169 Å².